The Morgan fingerprint density at radius 3 is 2.67 bits per heavy atom. The molecule has 0 radical (unpaired) electrons. The van der Waals surface area contributed by atoms with Crippen LogP contribution in [0.1, 0.15) is 27.2 Å². The van der Waals surface area contributed by atoms with E-state index in [-0.39, 0.29) is 5.41 Å². The van der Waals surface area contributed by atoms with E-state index in [2.05, 4.69) is 37.8 Å². The second kappa shape index (κ2) is 9.33. The van der Waals surface area contributed by atoms with Crippen molar-refractivity contribution in [3.8, 4) is 0 Å². The highest BCUT2D eigenvalue weighted by atomic mass is 32.2. The molecular weight excluding hydrogens is 268 g/mol. The minimum absolute atomic E-state index is 0.112. The minimum atomic E-state index is -0.541. The fraction of sp³-hybridized carbons (Fsp3) is 0.667. The van der Waals surface area contributed by atoms with Gasteiger partial charge in [-0.2, -0.15) is 0 Å². The van der Waals surface area contributed by atoms with E-state index in [4.69, 9.17) is 4.84 Å². The largest absolute Gasteiger partial charge is 0.433 e. The third kappa shape index (κ3) is 10.5. The maximum atomic E-state index is 11.0. The van der Waals surface area contributed by atoms with E-state index in [0.29, 0.717) is 0 Å². The lowest BCUT2D eigenvalue weighted by molar-refractivity contribution is 0.153. The SMILES string of the molecule is C=CCSCSC(CC(C)(C)C)=NOC(=O)NC. The Morgan fingerprint density at radius 2 is 2.17 bits per heavy atom. The molecule has 0 aromatic carbocycles. The average Bonchev–Trinajstić information content (AvgIpc) is 2.29. The van der Waals surface area contributed by atoms with Crippen molar-refractivity contribution in [1.29, 1.82) is 0 Å². The van der Waals surface area contributed by atoms with Crippen LogP contribution in [0.4, 0.5) is 4.79 Å². The van der Waals surface area contributed by atoms with Crippen molar-refractivity contribution in [2.75, 3.05) is 17.9 Å². The van der Waals surface area contributed by atoms with Crippen LogP contribution in [0.3, 0.4) is 0 Å². The molecule has 0 rings (SSSR count). The topological polar surface area (TPSA) is 50.7 Å². The molecule has 0 saturated carbocycles. The molecule has 0 spiro atoms. The molecule has 1 amide bonds. The van der Waals surface area contributed by atoms with Crippen LogP contribution in [0.2, 0.25) is 0 Å². The Labute approximate surface area is 118 Å². The van der Waals surface area contributed by atoms with Gasteiger partial charge in [-0.1, -0.05) is 43.8 Å². The highest BCUT2D eigenvalue weighted by Crippen LogP contribution is 2.26. The molecule has 0 saturated heterocycles. The van der Waals surface area contributed by atoms with Gasteiger partial charge in [0.2, 0.25) is 0 Å². The summed E-state index contributed by atoms with van der Waals surface area (Å²) in [5, 5.41) is 7.98. The first-order valence-electron chi connectivity index (χ1n) is 5.66. The molecule has 0 aromatic rings. The number of amides is 1. The summed E-state index contributed by atoms with van der Waals surface area (Å²) >= 11 is 3.36. The van der Waals surface area contributed by atoms with Crippen molar-refractivity contribution in [2.24, 2.45) is 10.6 Å². The smallest absolute Gasteiger partial charge is 0.323 e. The van der Waals surface area contributed by atoms with Crippen LogP contribution in [0.25, 0.3) is 0 Å². The standard InChI is InChI=1S/C12H22N2O2S2/c1-6-7-17-9-18-10(8-12(2,3)4)14-16-11(15)13-5/h6H,1,7-9H2,2-5H3,(H,13,15). The summed E-state index contributed by atoms with van der Waals surface area (Å²) in [5.41, 5.74) is 0.112. The van der Waals surface area contributed by atoms with E-state index in [1.54, 1.807) is 23.5 Å². The zero-order valence-electron chi connectivity index (χ0n) is 11.5. The number of hydrogen-bond acceptors (Lipinski definition) is 5. The Kier molecular flexibility index (Phi) is 9.01. The zero-order valence-corrected chi connectivity index (χ0v) is 13.1. The van der Waals surface area contributed by atoms with E-state index >= 15 is 0 Å². The first-order chi connectivity index (χ1) is 8.39. The van der Waals surface area contributed by atoms with E-state index in [1.165, 1.54) is 7.05 Å². The molecule has 104 valence electrons. The molecule has 6 heteroatoms. The number of thioether (sulfide) groups is 2. The molecule has 0 unspecified atom stereocenters. The summed E-state index contributed by atoms with van der Waals surface area (Å²) in [5.74, 6) is 0.909. The van der Waals surface area contributed by atoms with Gasteiger partial charge in [-0.05, 0) is 5.41 Å². The summed E-state index contributed by atoms with van der Waals surface area (Å²) in [6, 6.07) is 0. The molecule has 0 fully saturated rings. The van der Waals surface area contributed by atoms with Crippen LogP contribution in [-0.2, 0) is 4.84 Å². The number of rotatable bonds is 6. The quantitative estimate of drug-likeness (QED) is 0.154. The van der Waals surface area contributed by atoms with Gasteiger partial charge in [0.25, 0.3) is 0 Å². The first kappa shape index (κ1) is 17.4. The Bertz CT molecular complexity index is 299. The molecule has 4 nitrogen and oxygen atoms in total. The number of nitrogens with one attached hydrogen (secondary N) is 1. The lowest BCUT2D eigenvalue weighted by Gasteiger charge is -2.18. The van der Waals surface area contributed by atoms with Gasteiger partial charge in [0.15, 0.2) is 0 Å². The number of oxime groups is 1. The Hall–Kier alpha value is -0.620. The fourth-order valence-corrected chi connectivity index (χ4v) is 3.00. The lowest BCUT2D eigenvalue weighted by atomic mass is 9.93. The third-order valence-corrected chi connectivity index (χ3v) is 3.82. The van der Waals surface area contributed by atoms with E-state index in [9.17, 15) is 4.79 Å². The summed E-state index contributed by atoms with van der Waals surface area (Å²) < 4.78 is 0. The van der Waals surface area contributed by atoms with Crippen LogP contribution < -0.4 is 5.32 Å². The van der Waals surface area contributed by atoms with E-state index < -0.39 is 6.09 Å². The predicted octanol–water partition coefficient (Wildman–Crippen LogP) is 3.70. The summed E-state index contributed by atoms with van der Waals surface area (Å²) in [6.45, 7) is 10.0. The second-order valence-electron chi connectivity index (χ2n) is 4.77. The van der Waals surface area contributed by atoms with Gasteiger partial charge in [0.05, 0.1) is 0 Å². The van der Waals surface area contributed by atoms with Gasteiger partial charge >= 0.3 is 6.09 Å². The number of nitrogens with zero attached hydrogens (tertiary/aromatic N) is 1. The van der Waals surface area contributed by atoms with Crippen molar-refractivity contribution in [3.63, 3.8) is 0 Å². The number of hydrogen-bond donors (Lipinski definition) is 1. The predicted molar refractivity (Wildman–Crippen MR) is 82.2 cm³/mol. The van der Waals surface area contributed by atoms with Crippen LogP contribution in [-0.4, -0.2) is 29.0 Å². The molecular formula is C12H22N2O2S2. The molecule has 0 heterocycles. The Morgan fingerprint density at radius 1 is 1.50 bits per heavy atom. The minimum Gasteiger partial charge on any atom is -0.323 e. The molecule has 0 aliphatic carbocycles. The van der Waals surface area contributed by atoms with Crippen molar-refractivity contribution in [2.45, 2.75) is 27.2 Å². The van der Waals surface area contributed by atoms with Crippen LogP contribution in [0.5, 0.6) is 0 Å². The fourth-order valence-electron chi connectivity index (χ4n) is 0.942. The number of carbonyl (C=O) groups excluding carboxylic acids is 1. The van der Waals surface area contributed by atoms with Gasteiger partial charge < -0.3 is 5.32 Å². The lowest BCUT2D eigenvalue weighted by Crippen LogP contribution is -2.18. The normalized spacial score (nSPS) is 12.1. The van der Waals surface area contributed by atoms with Crippen molar-refractivity contribution < 1.29 is 9.63 Å². The van der Waals surface area contributed by atoms with Crippen molar-refractivity contribution in [3.05, 3.63) is 12.7 Å². The summed E-state index contributed by atoms with van der Waals surface area (Å²) in [7, 11) is 1.51. The van der Waals surface area contributed by atoms with E-state index in [1.807, 2.05) is 6.08 Å². The molecule has 1 N–H and O–H groups in total. The van der Waals surface area contributed by atoms with Crippen molar-refractivity contribution in [1.82, 2.24) is 5.32 Å². The maximum absolute atomic E-state index is 11.0. The monoisotopic (exact) mass is 290 g/mol. The summed E-state index contributed by atoms with van der Waals surface area (Å²) in [6.07, 6.45) is 2.11. The number of carbonyl (C=O) groups is 1. The highest BCUT2D eigenvalue weighted by molar-refractivity contribution is 8.24. The zero-order chi connectivity index (χ0) is 14.0. The molecule has 0 atom stereocenters. The molecule has 0 aromatic heterocycles. The van der Waals surface area contributed by atoms with Gasteiger partial charge in [-0.3, -0.25) is 4.84 Å². The van der Waals surface area contributed by atoms with Gasteiger partial charge in [-0.15, -0.1) is 18.3 Å². The van der Waals surface area contributed by atoms with Crippen LogP contribution in [0, 0.1) is 5.41 Å². The Balaban J connectivity index is 4.32. The van der Waals surface area contributed by atoms with E-state index in [0.717, 1.165) is 22.3 Å². The van der Waals surface area contributed by atoms with Crippen LogP contribution in [0.15, 0.2) is 17.8 Å². The average molecular weight is 290 g/mol. The van der Waals surface area contributed by atoms with Crippen molar-refractivity contribution >= 4 is 34.7 Å². The highest BCUT2D eigenvalue weighted by Gasteiger charge is 2.16. The van der Waals surface area contributed by atoms with Gasteiger partial charge in [-0.25, -0.2) is 4.79 Å². The third-order valence-electron chi connectivity index (χ3n) is 1.66. The van der Waals surface area contributed by atoms with Gasteiger partial charge in [0, 0.05) is 24.3 Å². The summed E-state index contributed by atoms with van der Waals surface area (Å²) in [4.78, 5) is 15.7. The molecule has 18 heavy (non-hydrogen) atoms. The second-order valence-corrected chi connectivity index (χ2v) is 7.22. The molecule has 0 bridgehead atoms. The maximum Gasteiger partial charge on any atom is 0.433 e. The molecule has 0 aliphatic heterocycles. The van der Waals surface area contributed by atoms with Crippen LogP contribution >= 0.6 is 23.5 Å². The molecule has 0 aliphatic rings. The van der Waals surface area contributed by atoms with Gasteiger partial charge in [0.1, 0.15) is 5.04 Å². The first-order valence-corrected chi connectivity index (χ1v) is 7.80.